The second-order valence-corrected chi connectivity index (χ2v) is 7.75. The number of nitrogens with one attached hydrogen (secondary N) is 2. The lowest BCUT2D eigenvalue weighted by Crippen LogP contribution is -2.40. The molecule has 3 amide bonds. The molecule has 32 heavy (non-hydrogen) atoms. The minimum absolute atomic E-state index is 0.0136. The minimum Gasteiger partial charge on any atom is -0.355 e. The molecule has 0 aliphatic carbocycles. The summed E-state index contributed by atoms with van der Waals surface area (Å²) in [6, 6.07) is 14.4. The Morgan fingerprint density at radius 3 is 2.34 bits per heavy atom. The summed E-state index contributed by atoms with van der Waals surface area (Å²) in [5, 5.41) is 5.98. The van der Waals surface area contributed by atoms with E-state index in [1.165, 1.54) is 9.80 Å². The van der Waals surface area contributed by atoms with E-state index >= 15 is 0 Å². The first-order chi connectivity index (χ1) is 15.3. The van der Waals surface area contributed by atoms with E-state index in [1.807, 2.05) is 45.0 Å². The van der Waals surface area contributed by atoms with Crippen LogP contribution >= 0.6 is 12.2 Å². The number of amides is 3. The number of rotatable bonds is 7. The molecule has 1 aliphatic rings. The van der Waals surface area contributed by atoms with Gasteiger partial charge in [-0.15, -0.1) is 0 Å². The van der Waals surface area contributed by atoms with Gasteiger partial charge in [-0.1, -0.05) is 29.8 Å². The highest BCUT2D eigenvalue weighted by atomic mass is 32.1. The lowest BCUT2D eigenvalue weighted by Gasteiger charge is -2.20. The Morgan fingerprint density at radius 1 is 1.09 bits per heavy atom. The number of hydrogen-bond donors (Lipinski definition) is 2. The second kappa shape index (κ2) is 10.2. The van der Waals surface area contributed by atoms with Crippen molar-refractivity contribution in [1.29, 1.82) is 0 Å². The van der Waals surface area contributed by atoms with Crippen molar-refractivity contribution in [2.24, 2.45) is 0 Å². The zero-order valence-corrected chi connectivity index (χ0v) is 19.2. The molecule has 0 saturated carbocycles. The fourth-order valence-electron chi connectivity index (χ4n) is 3.29. The molecule has 2 aromatic carbocycles. The van der Waals surface area contributed by atoms with Gasteiger partial charge in [-0.05, 0) is 68.9 Å². The van der Waals surface area contributed by atoms with Crippen molar-refractivity contribution in [3.8, 4) is 0 Å². The molecule has 1 heterocycles. The zero-order chi connectivity index (χ0) is 23.3. The van der Waals surface area contributed by atoms with Crippen LogP contribution in [0, 0.1) is 6.92 Å². The molecule has 0 radical (unpaired) electrons. The number of carbonyl (C=O) groups excluding carboxylic acids is 3. The van der Waals surface area contributed by atoms with E-state index in [2.05, 4.69) is 10.6 Å². The predicted octanol–water partition coefficient (Wildman–Crippen LogP) is 2.86. The summed E-state index contributed by atoms with van der Waals surface area (Å²) < 4.78 is 0. The van der Waals surface area contributed by atoms with Crippen molar-refractivity contribution in [1.82, 2.24) is 15.5 Å². The lowest BCUT2D eigenvalue weighted by molar-refractivity contribution is -0.121. The van der Waals surface area contributed by atoms with E-state index in [4.69, 9.17) is 12.2 Å². The summed E-state index contributed by atoms with van der Waals surface area (Å²) in [6.07, 6.45) is 1.70. The van der Waals surface area contributed by atoms with Crippen molar-refractivity contribution in [3.63, 3.8) is 0 Å². The Balaban J connectivity index is 1.74. The third-order valence-corrected chi connectivity index (χ3v) is 5.30. The van der Waals surface area contributed by atoms with Gasteiger partial charge in [-0.2, -0.15) is 0 Å². The van der Waals surface area contributed by atoms with Crippen LogP contribution in [-0.4, -0.2) is 47.4 Å². The largest absolute Gasteiger partial charge is 0.355 e. The predicted molar refractivity (Wildman–Crippen MR) is 129 cm³/mol. The first-order valence-electron chi connectivity index (χ1n) is 10.4. The SMILES string of the molecule is CCNC(=O)CN(CC)C(=O)c1ccc(/C=C2\NC(=S)N(c3ccc(C)cc3)C2=O)cc1. The average Bonchev–Trinajstić information content (AvgIpc) is 3.06. The molecule has 0 aromatic heterocycles. The molecule has 1 fully saturated rings. The van der Waals surface area contributed by atoms with Gasteiger partial charge in [0.2, 0.25) is 5.91 Å². The maximum absolute atomic E-state index is 12.9. The molecule has 0 spiro atoms. The highest BCUT2D eigenvalue weighted by Gasteiger charge is 2.31. The fraction of sp³-hybridized carbons (Fsp3) is 0.250. The van der Waals surface area contributed by atoms with Crippen LogP contribution in [0.5, 0.6) is 0 Å². The smallest absolute Gasteiger partial charge is 0.281 e. The van der Waals surface area contributed by atoms with Crippen molar-refractivity contribution in [2.45, 2.75) is 20.8 Å². The first-order valence-corrected chi connectivity index (χ1v) is 10.8. The van der Waals surface area contributed by atoms with Gasteiger partial charge in [0.05, 0.1) is 12.2 Å². The van der Waals surface area contributed by atoms with Crippen LogP contribution in [0.25, 0.3) is 6.08 Å². The van der Waals surface area contributed by atoms with Crippen LogP contribution in [0.4, 0.5) is 5.69 Å². The number of thiocarbonyl (C=S) groups is 1. The Hall–Kier alpha value is -3.52. The van der Waals surface area contributed by atoms with Crippen LogP contribution in [0.2, 0.25) is 0 Å². The molecule has 0 bridgehead atoms. The highest BCUT2D eigenvalue weighted by molar-refractivity contribution is 7.80. The zero-order valence-electron chi connectivity index (χ0n) is 18.3. The van der Waals surface area contributed by atoms with Crippen LogP contribution in [0.3, 0.4) is 0 Å². The Kier molecular flexibility index (Phi) is 7.37. The number of carbonyl (C=O) groups is 3. The molecule has 0 atom stereocenters. The van der Waals surface area contributed by atoms with Gasteiger partial charge in [-0.3, -0.25) is 19.3 Å². The normalized spacial score (nSPS) is 14.5. The summed E-state index contributed by atoms with van der Waals surface area (Å²) >= 11 is 5.35. The first kappa shape index (κ1) is 23.1. The van der Waals surface area contributed by atoms with E-state index in [-0.39, 0.29) is 24.3 Å². The third-order valence-electron chi connectivity index (χ3n) is 5.02. The Bertz CT molecular complexity index is 1060. The number of anilines is 1. The van der Waals surface area contributed by atoms with Gasteiger partial charge in [0.1, 0.15) is 5.70 Å². The number of likely N-dealkylation sites (N-methyl/N-ethyl adjacent to an activating group) is 2. The van der Waals surface area contributed by atoms with E-state index < -0.39 is 0 Å². The molecule has 2 N–H and O–H groups in total. The van der Waals surface area contributed by atoms with E-state index in [1.54, 1.807) is 30.3 Å². The fourth-order valence-corrected chi connectivity index (χ4v) is 3.59. The third kappa shape index (κ3) is 5.20. The molecule has 166 valence electrons. The second-order valence-electron chi connectivity index (χ2n) is 7.36. The quantitative estimate of drug-likeness (QED) is 0.501. The summed E-state index contributed by atoms with van der Waals surface area (Å²) in [6.45, 7) is 6.60. The maximum atomic E-state index is 12.9. The molecule has 8 heteroatoms. The van der Waals surface area contributed by atoms with E-state index in [0.717, 1.165) is 11.1 Å². The summed E-state index contributed by atoms with van der Waals surface area (Å²) in [5.74, 6) is -0.651. The van der Waals surface area contributed by atoms with Crippen LogP contribution < -0.4 is 15.5 Å². The van der Waals surface area contributed by atoms with Crippen molar-refractivity contribution in [3.05, 3.63) is 70.9 Å². The van der Waals surface area contributed by atoms with Gasteiger partial charge >= 0.3 is 0 Å². The molecule has 0 unspecified atom stereocenters. The Morgan fingerprint density at radius 2 is 1.75 bits per heavy atom. The molecular formula is C24H26N4O3S. The van der Waals surface area contributed by atoms with Crippen LogP contribution in [-0.2, 0) is 9.59 Å². The van der Waals surface area contributed by atoms with Gasteiger partial charge in [0, 0.05) is 18.7 Å². The van der Waals surface area contributed by atoms with Gasteiger partial charge in [0.25, 0.3) is 11.8 Å². The number of benzene rings is 2. The number of nitrogens with zero attached hydrogens (tertiary/aromatic N) is 2. The highest BCUT2D eigenvalue weighted by Crippen LogP contribution is 2.23. The summed E-state index contributed by atoms with van der Waals surface area (Å²) in [5.41, 5.74) is 3.38. The molecule has 1 aliphatic heterocycles. The Labute approximate surface area is 193 Å². The van der Waals surface area contributed by atoms with Gasteiger partial charge < -0.3 is 15.5 Å². The van der Waals surface area contributed by atoms with Gasteiger partial charge in [-0.25, -0.2) is 0 Å². The van der Waals surface area contributed by atoms with Crippen LogP contribution in [0.1, 0.15) is 35.3 Å². The van der Waals surface area contributed by atoms with Crippen molar-refractivity contribution in [2.75, 3.05) is 24.5 Å². The minimum atomic E-state index is -0.238. The monoisotopic (exact) mass is 450 g/mol. The molecule has 3 rings (SSSR count). The number of aryl methyl sites for hydroxylation is 1. The molecule has 7 nitrogen and oxygen atoms in total. The number of hydrogen-bond acceptors (Lipinski definition) is 4. The van der Waals surface area contributed by atoms with Crippen molar-refractivity contribution < 1.29 is 14.4 Å². The molecular weight excluding hydrogens is 424 g/mol. The topological polar surface area (TPSA) is 81.8 Å². The lowest BCUT2D eigenvalue weighted by atomic mass is 10.1. The van der Waals surface area contributed by atoms with Gasteiger partial charge in [0.15, 0.2) is 5.11 Å². The van der Waals surface area contributed by atoms with E-state index in [0.29, 0.717) is 35.1 Å². The molecule has 2 aromatic rings. The van der Waals surface area contributed by atoms with Crippen LogP contribution in [0.15, 0.2) is 54.2 Å². The average molecular weight is 451 g/mol. The van der Waals surface area contributed by atoms with E-state index in [9.17, 15) is 14.4 Å². The van der Waals surface area contributed by atoms with Crippen molar-refractivity contribution >= 4 is 46.8 Å². The summed E-state index contributed by atoms with van der Waals surface area (Å²) in [4.78, 5) is 40.4. The standard InChI is InChI=1S/C24H26N4O3S/c1-4-25-21(29)15-27(5-2)22(30)18-10-8-17(9-11-18)14-20-23(31)28(24(32)26-20)19-12-6-16(3)7-13-19/h6-14H,4-5,15H2,1-3H3,(H,25,29)(H,26,32)/b20-14-. The maximum Gasteiger partial charge on any atom is 0.281 e. The summed E-state index contributed by atoms with van der Waals surface area (Å²) in [7, 11) is 0. The molecule has 1 saturated heterocycles.